The smallest absolute Gasteiger partial charge is 0.290 e. The quantitative estimate of drug-likeness (QED) is 0.870. The first-order valence-corrected chi connectivity index (χ1v) is 6.18. The highest BCUT2D eigenvalue weighted by atomic mass is 19.1. The number of amides is 1. The lowest BCUT2D eigenvalue weighted by molar-refractivity contribution is 0.0995. The van der Waals surface area contributed by atoms with Gasteiger partial charge in [0.1, 0.15) is 5.69 Å². The molecule has 0 atom stereocenters. The number of nitrogens with two attached hydrogens (primary N) is 1. The molecule has 1 aliphatic heterocycles. The molecule has 1 aromatic heterocycles. The van der Waals surface area contributed by atoms with Crippen LogP contribution in [0.4, 0.5) is 4.39 Å². The number of carbonyl (C=O) groups is 1. The summed E-state index contributed by atoms with van der Waals surface area (Å²) >= 11 is 0. The Bertz CT molecular complexity index is 449. The van der Waals surface area contributed by atoms with Gasteiger partial charge in [0, 0.05) is 12.7 Å². The first-order valence-electron chi connectivity index (χ1n) is 6.18. The third-order valence-corrected chi connectivity index (χ3v) is 3.38. The van der Waals surface area contributed by atoms with Gasteiger partial charge in [0.15, 0.2) is 0 Å². The van der Waals surface area contributed by atoms with Crippen LogP contribution < -0.4 is 5.73 Å². The summed E-state index contributed by atoms with van der Waals surface area (Å²) in [5.74, 6) is -0.704. The molecule has 0 saturated carbocycles. The molecule has 5 nitrogen and oxygen atoms in total. The monoisotopic (exact) mass is 254 g/mol. The summed E-state index contributed by atoms with van der Waals surface area (Å²) in [6, 6.07) is 0. The van der Waals surface area contributed by atoms with E-state index in [1.807, 2.05) is 13.8 Å². The SMILES string of the molecule is CC(C)(CN1CCCC1)n1cc(C(N)=O)nc1F. The van der Waals surface area contributed by atoms with E-state index in [-0.39, 0.29) is 5.69 Å². The topological polar surface area (TPSA) is 64.2 Å². The minimum atomic E-state index is -0.704. The van der Waals surface area contributed by atoms with Crippen LogP contribution >= 0.6 is 0 Å². The van der Waals surface area contributed by atoms with Crippen molar-refractivity contribution in [2.24, 2.45) is 5.73 Å². The number of imidazole rings is 1. The molecule has 1 aromatic rings. The molecule has 2 rings (SSSR count). The maximum Gasteiger partial charge on any atom is 0.290 e. The summed E-state index contributed by atoms with van der Waals surface area (Å²) in [5.41, 5.74) is 4.64. The highest BCUT2D eigenvalue weighted by Gasteiger charge is 2.29. The van der Waals surface area contributed by atoms with Crippen LogP contribution in [0.1, 0.15) is 37.2 Å². The van der Waals surface area contributed by atoms with Gasteiger partial charge in [-0.25, -0.2) is 0 Å². The van der Waals surface area contributed by atoms with Crippen LogP contribution in [0.25, 0.3) is 0 Å². The van der Waals surface area contributed by atoms with Crippen molar-refractivity contribution in [3.8, 4) is 0 Å². The second-order valence-electron chi connectivity index (χ2n) is 5.43. The molecule has 1 aliphatic rings. The number of hydrogen-bond acceptors (Lipinski definition) is 3. The largest absolute Gasteiger partial charge is 0.364 e. The molecule has 0 aromatic carbocycles. The van der Waals surface area contributed by atoms with Crippen LogP contribution in [0.2, 0.25) is 0 Å². The average Bonchev–Trinajstić information content (AvgIpc) is 2.86. The van der Waals surface area contributed by atoms with Gasteiger partial charge in [-0.3, -0.25) is 9.36 Å². The molecule has 18 heavy (non-hydrogen) atoms. The Hall–Kier alpha value is -1.43. The van der Waals surface area contributed by atoms with Crippen molar-refractivity contribution in [1.82, 2.24) is 14.5 Å². The zero-order valence-electron chi connectivity index (χ0n) is 10.8. The maximum absolute atomic E-state index is 13.8. The Morgan fingerprint density at radius 3 is 2.61 bits per heavy atom. The van der Waals surface area contributed by atoms with Crippen LogP contribution in [0.3, 0.4) is 0 Å². The van der Waals surface area contributed by atoms with Gasteiger partial charge >= 0.3 is 0 Å². The minimum absolute atomic E-state index is 0.0259. The highest BCUT2D eigenvalue weighted by Crippen LogP contribution is 2.22. The van der Waals surface area contributed by atoms with E-state index >= 15 is 0 Å². The van der Waals surface area contributed by atoms with Crippen molar-refractivity contribution in [2.45, 2.75) is 32.2 Å². The minimum Gasteiger partial charge on any atom is -0.364 e. The molecule has 1 amide bonds. The number of hydrogen-bond donors (Lipinski definition) is 1. The molecule has 0 radical (unpaired) electrons. The molecule has 2 N–H and O–H groups in total. The van der Waals surface area contributed by atoms with Crippen LogP contribution in [0.15, 0.2) is 6.20 Å². The Balaban J connectivity index is 2.19. The molecule has 100 valence electrons. The molecule has 1 fully saturated rings. The molecular formula is C12H19FN4O. The summed E-state index contributed by atoms with van der Waals surface area (Å²) in [4.78, 5) is 16.9. The second kappa shape index (κ2) is 4.68. The molecule has 0 bridgehead atoms. The van der Waals surface area contributed by atoms with E-state index < -0.39 is 17.5 Å². The molecular weight excluding hydrogens is 235 g/mol. The molecule has 0 spiro atoms. The molecule has 6 heteroatoms. The van der Waals surface area contributed by atoms with Crippen LogP contribution in [-0.4, -0.2) is 40.0 Å². The molecule has 1 saturated heterocycles. The van der Waals surface area contributed by atoms with E-state index in [2.05, 4.69) is 9.88 Å². The number of halogens is 1. The standard InChI is InChI=1S/C12H19FN4O/c1-12(2,8-16-5-3-4-6-16)17-7-9(10(14)18)15-11(17)13/h7H,3-6,8H2,1-2H3,(H2,14,18). The summed E-state index contributed by atoms with van der Waals surface area (Å²) in [6.45, 7) is 6.69. The lowest BCUT2D eigenvalue weighted by atomic mass is 10.0. The van der Waals surface area contributed by atoms with Gasteiger partial charge in [0.05, 0.1) is 5.54 Å². The summed E-state index contributed by atoms with van der Waals surface area (Å²) in [7, 11) is 0. The third-order valence-electron chi connectivity index (χ3n) is 3.38. The number of likely N-dealkylation sites (tertiary alicyclic amines) is 1. The van der Waals surface area contributed by atoms with Gasteiger partial charge in [-0.1, -0.05) is 0 Å². The van der Waals surface area contributed by atoms with Gasteiger partial charge in [0.25, 0.3) is 12.0 Å². The molecule has 0 unspecified atom stereocenters. The van der Waals surface area contributed by atoms with Crippen molar-refractivity contribution >= 4 is 5.91 Å². The summed E-state index contributed by atoms with van der Waals surface area (Å²) < 4.78 is 15.2. The van der Waals surface area contributed by atoms with E-state index in [0.29, 0.717) is 0 Å². The molecule has 0 aliphatic carbocycles. The number of rotatable bonds is 4. The summed E-state index contributed by atoms with van der Waals surface area (Å²) in [5, 5.41) is 0. The van der Waals surface area contributed by atoms with Crippen LogP contribution in [-0.2, 0) is 5.54 Å². The fraction of sp³-hybridized carbons (Fsp3) is 0.667. The average molecular weight is 254 g/mol. The van der Waals surface area contributed by atoms with Gasteiger partial charge in [-0.15, -0.1) is 0 Å². The first kappa shape index (κ1) is 13.0. The Morgan fingerprint density at radius 1 is 1.50 bits per heavy atom. The van der Waals surface area contributed by atoms with Crippen molar-refractivity contribution in [2.75, 3.05) is 19.6 Å². The fourth-order valence-electron chi connectivity index (χ4n) is 2.47. The Labute approximate surface area is 106 Å². The number of primary amides is 1. The van der Waals surface area contributed by atoms with E-state index in [1.54, 1.807) is 0 Å². The number of carbonyl (C=O) groups excluding carboxylic acids is 1. The first-order chi connectivity index (χ1) is 8.40. The van der Waals surface area contributed by atoms with Crippen LogP contribution in [0.5, 0.6) is 0 Å². The predicted molar refractivity (Wildman–Crippen MR) is 65.7 cm³/mol. The summed E-state index contributed by atoms with van der Waals surface area (Å²) in [6.07, 6.45) is 3.12. The van der Waals surface area contributed by atoms with E-state index in [4.69, 9.17) is 5.73 Å². The van der Waals surface area contributed by atoms with Gasteiger partial charge in [-0.05, 0) is 39.8 Å². The van der Waals surface area contributed by atoms with Gasteiger partial charge < -0.3 is 10.6 Å². The van der Waals surface area contributed by atoms with E-state index in [1.165, 1.54) is 23.6 Å². The van der Waals surface area contributed by atoms with Gasteiger partial charge in [0.2, 0.25) is 0 Å². The van der Waals surface area contributed by atoms with Crippen molar-refractivity contribution < 1.29 is 9.18 Å². The number of nitrogens with zero attached hydrogens (tertiary/aromatic N) is 3. The van der Waals surface area contributed by atoms with Gasteiger partial charge in [-0.2, -0.15) is 9.37 Å². The normalized spacial score (nSPS) is 17.3. The molecule has 2 heterocycles. The lowest BCUT2D eigenvalue weighted by Gasteiger charge is -2.31. The zero-order chi connectivity index (χ0) is 13.3. The Morgan fingerprint density at radius 2 is 2.11 bits per heavy atom. The van der Waals surface area contributed by atoms with Crippen molar-refractivity contribution in [1.29, 1.82) is 0 Å². The fourth-order valence-corrected chi connectivity index (χ4v) is 2.47. The predicted octanol–water partition coefficient (Wildman–Crippen LogP) is 0.952. The Kier molecular flexibility index (Phi) is 3.38. The van der Waals surface area contributed by atoms with Crippen molar-refractivity contribution in [3.05, 3.63) is 18.0 Å². The second-order valence-corrected chi connectivity index (χ2v) is 5.43. The lowest BCUT2D eigenvalue weighted by Crippen LogP contribution is -2.40. The van der Waals surface area contributed by atoms with E-state index in [0.717, 1.165) is 19.6 Å². The third kappa shape index (κ3) is 2.53. The maximum atomic E-state index is 13.8. The highest BCUT2D eigenvalue weighted by molar-refractivity contribution is 5.90. The van der Waals surface area contributed by atoms with Crippen LogP contribution in [0, 0.1) is 6.08 Å². The zero-order valence-corrected chi connectivity index (χ0v) is 10.8. The number of aromatic nitrogens is 2. The van der Waals surface area contributed by atoms with Crippen molar-refractivity contribution in [3.63, 3.8) is 0 Å². The van der Waals surface area contributed by atoms with E-state index in [9.17, 15) is 9.18 Å².